The van der Waals surface area contributed by atoms with E-state index in [0.717, 1.165) is 21.7 Å². The maximum absolute atomic E-state index is 12.6. The smallest absolute Gasteiger partial charge is 0.243 e. The topological polar surface area (TPSA) is 75.7 Å². The molecule has 0 spiro atoms. The Kier molecular flexibility index (Phi) is 6.26. The fourth-order valence-corrected chi connectivity index (χ4v) is 3.85. The van der Waals surface area contributed by atoms with Gasteiger partial charge in [-0.1, -0.05) is 24.3 Å². The van der Waals surface area contributed by atoms with E-state index >= 15 is 0 Å². The maximum atomic E-state index is 12.6. The van der Waals surface area contributed by atoms with Gasteiger partial charge in [0.2, 0.25) is 15.9 Å². The van der Waals surface area contributed by atoms with Crippen LogP contribution >= 0.6 is 0 Å². The lowest BCUT2D eigenvalue weighted by Crippen LogP contribution is -2.47. The van der Waals surface area contributed by atoms with Crippen LogP contribution in [0.15, 0.2) is 48.5 Å². The summed E-state index contributed by atoms with van der Waals surface area (Å²) in [4.78, 5) is 12.6. The van der Waals surface area contributed by atoms with Crippen LogP contribution in [0.25, 0.3) is 0 Å². The average molecular weight is 376 g/mol. The standard InChI is InChI=1S/C19H24N2O4S/c1-14-7-5-6-8-16(14)13-20-19(22)15(2)21(26(4,23)24)17-9-11-18(25-3)12-10-17/h5-12,15H,13H2,1-4H3,(H,20,22). The fraction of sp³-hybridized carbons (Fsp3) is 0.316. The summed E-state index contributed by atoms with van der Waals surface area (Å²) in [6, 6.07) is 13.4. The molecule has 1 amide bonds. The largest absolute Gasteiger partial charge is 0.497 e. The highest BCUT2D eigenvalue weighted by molar-refractivity contribution is 7.92. The molecule has 0 aliphatic rings. The number of amides is 1. The third kappa shape index (κ3) is 4.76. The Morgan fingerprint density at radius 2 is 1.77 bits per heavy atom. The number of anilines is 1. The lowest BCUT2D eigenvalue weighted by molar-refractivity contribution is -0.122. The first kappa shape index (κ1) is 19.8. The molecule has 1 N–H and O–H groups in total. The molecule has 0 saturated heterocycles. The summed E-state index contributed by atoms with van der Waals surface area (Å²) in [6.45, 7) is 3.87. The van der Waals surface area contributed by atoms with Crippen LogP contribution in [0.4, 0.5) is 5.69 Å². The van der Waals surface area contributed by atoms with Crippen molar-refractivity contribution in [2.75, 3.05) is 17.7 Å². The highest BCUT2D eigenvalue weighted by Crippen LogP contribution is 2.23. The first-order valence-electron chi connectivity index (χ1n) is 8.19. The van der Waals surface area contributed by atoms with Gasteiger partial charge in [-0.25, -0.2) is 8.42 Å². The molecule has 1 atom stereocenters. The summed E-state index contributed by atoms with van der Waals surface area (Å²) in [5, 5.41) is 2.81. The van der Waals surface area contributed by atoms with Crippen molar-refractivity contribution in [1.82, 2.24) is 5.32 Å². The van der Waals surface area contributed by atoms with Crippen LogP contribution in [0.3, 0.4) is 0 Å². The van der Waals surface area contributed by atoms with E-state index in [-0.39, 0.29) is 5.91 Å². The van der Waals surface area contributed by atoms with Crippen LogP contribution in [-0.2, 0) is 21.4 Å². The van der Waals surface area contributed by atoms with Crippen LogP contribution in [0.1, 0.15) is 18.1 Å². The van der Waals surface area contributed by atoms with E-state index < -0.39 is 16.1 Å². The average Bonchev–Trinajstić information content (AvgIpc) is 2.60. The molecule has 0 radical (unpaired) electrons. The van der Waals surface area contributed by atoms with Gasteiger partial charge in [0.25, 0.3) is 0 Å². The number of nitrogens with one attached hydrogen (secondary N) is 1. The minimum Gasteiger partial charge on any atom is -0.497 e. The highest BCUT2D eigenvalue weighted by atomic mass is 32.2. The normalized spacial score (nSPS) is 12.3. The molecule has 0 aliphatic carbocycles. The molecule has 1 unspecified atom stereocenters. The van der Waals surface area contributed by atoms with Gasteiger partial charge in [-0.2, -0.15) is 0 Å². The van der Waals surface area contributed by atoms with Crippen LogP contribution in [0, 0.1) is 6.92 Å². The predicted molar refractivity (Wildman–Crippen MR) is 103 cm³/mol. The number of ether oxygens (including phenoxy) is 1. The quantitative estimate of drug-likeness (QED) is 0.805. The van der Waals surface area contributed by atoms with E-state index in [1.165, 1.54) is 7.11 Å². The second-order valence-corrected chi connectivity index (χ2v) is 7.94. The van der Waals surface area contributed by atoms with Crippen molar-refractivity contribution in [3.63, 3.8) is 0 Å². The van der Waals surface area contributed by atoms with Gasteiger partial charge < -0.3 is 10.1 Å². The molecule has 0 fully saturated rings. The molecule has 26 heavy (non-hydrogen) atoms. The summed E-state index contributed by atoms with van der Waals surface area (Å²) in [5.74, 6) is 0.244. The fourth-order valence-electron chi connectivity index (χ4n) is 2.68. The van der Waals surface area contributed by atoms with Crippen molar-refractivity contribution >= 4 is 21.6 Å². The Morgan fingerprint density at radius 3 is 2.31 bits per heavy atom. The van der Waals surface area contributed by atoms with E-state index in [1.54, 1.807) is 31.2 Å². The molecule has 6 nitrogen and oxygen atoms in total. The number of carbonyl (C=O) groups excluding carboxylic acids is 1. The molecule has 2 rings (SSSR count). The van der Waals surface area contributed by atoms with Gasteiger partial charge in [0.1, 0.15) is 11.8 Å². The number of aryl methyl sites for hydroxylation is 1. The Hall–Kier alpha value is -2.54. The summed E-state index contributed by atoms with van der Waals surface area (Å²) >= 11 is 0. The van der Waals surface area contributed by atoms with Gasteiger partial charge >= 0.3 is 0 Å². The molecule has 0 saturated carbocycles. The minimum absolute atomic E-state index is 0.343. The number of hydrogen-bond acceptors (Lipinski definition) is 4. The van der Waals surface area contributed by atoms with Gasteiger partial charge in [-0.15, -0.1) is 0 Å². The maximum Gasteiger partial charge on any atom is 0.243 e. The van der Waals surface area contributed by atoms with Crippen molar-refractivity contribution in [2.24, 2.45) is 0 Å². The monoisotopic (exact) mass is 376 g/mol. The van der Waals surface area contributed by atoms with Crippen LogP contribution in [0.2, 0.25) is 0 Å². The van der Waals surface area contributed by atoms with Crippen molar-refractivity contribution in [2.45, 2.75) is 26.4 Å². The second-order valence-electron chi connectivity index (χ2n) is 6.08. The summed E-state index contributed by atoms with van der Waals surface area (Å²) in [6.07, 6.45) is 1.09. The van der Waals surface area contributed by atoms with Gasteiger partial charge in [-0.05, 0) is 49.2 Å². The van der Waals surface area contributed by atoms with E-state index in [4.69, 9.17) is 4.74 Å². The molecule has 0 heterocycles. The van der Waals surface area contributed by atoms with E-state index in [2.05, 4.69) is 5.32 Å². The Balaban J connectivity index is 2.19. The zero-order valence-corrected chi connectivity index (χ0v) is 16.2. The lowest BCUT2D eigenvalue weighted by Gasteiger charge is -2.28. The van der Waals surface area contributed by atoms with Gasteiger partial charge in [-0.3, -0.25) is 9.10 Å². The predicted octanol–water partition coefficient (Wildman–Crippen LogP) is 2.47. The molecule has 140 valence electrons. The number of carbonyl (C=O) groups is 1. The first-order chi connectivity index (χ1) is 12.2. The van der Waals surface area contributed by atoms with E-state index in [9.17, 15) is 13.2 Å². The van der Waals surface area contributed by atoms with Gasteiger partial charge in [0, 0.05) is 6.54 Å². The van der Waals surface area contributed by atoms with Crippen LogP contribution in [0.5, 0.6) is 5.75 Å². The number of sulfonamides is 1. The molecule has 2 aromatic rings. The Morgan fingerprint density at radius 1 is 1.15 bits per heavy atom. The number of benzene rings is 2. The number of rotatable bonds is 7. The van der Waals surface area contributed by atoms with Gasteiger partial charge in [0.05, 0.1) is 19.1 Å². The van der Waals surface area contributed by atoms with Crippen molar-refractivity contribution < 1.29 is 17.9 Å². The second kappa shape index (κ2) is 8.23. The molecule has 7 heteroatoms. The van der Waals surface area contributed by atoms with Crippen molar-refractivity contribution in [3.05, 3.63) is 59.7 Å². The Labute approximate surface area is 154 Å². The van der Waals surface area contributed by atoms with E-state index in [0.29, 0.717) is 18.0 Å². The third-order valence-electron chi connectivity index (χ3n) is 4.13. The van der Waals surface area contributed by atoms with Crippen molar-refractivity contribution in [1.29, 1.82) is 0 Å². The molecule has 0 aliphatic heterocycles. The molecule has 2 aromatic carbocycles. The number of methoxy groups -OCH3 is 1. The summed E-state index contributed by atoms with van der Waals surface area (Å²) < 4.78 is 30.8. The molecular weight excluding hydrogens is 352 g/mol. The zero-order valence-electron chi connectivity index (χ0n) is 15.4. The zero-order chi connectivity index (χ0) is 19.3. The van der Waals surface area contributed by atoms with E-state index in [1.807, 2.05) is 31.2 Å². The Bertz CT molecular complexity index is 863. The van der Waals surface area contributed by atoms with Crippen LogP contribution < -0.4 is 14.4 Å². The SMILES string of the molecule is COc1ccc(N(C(C)C(=O)NCc2ccccc2C)S(C)(=O)=O)cc1. The van der Waals surface area contributed by atoms with Gasteiger partial charge in [0.15, 0.2) is 0 Å². The lowest BCUT2D eigenvalue weighted by atomic mass is 10.1. The third-order valence-corrected chi connectivity index (χ3v) is 5.37. The van der Waals surface area contributed by atoms with Crippen LogP contribution in [-0.4, -0.2) is 33.7 Å². The minimum atomic E-state index is -3.64. The number of nitrogens with zero attached hydrogens (tertiary/aromatic N) is 1. The molecular formula is C19H24N2O4S. The number of hydrogen-bond donors (Lipinski definition) is 1. The summed E-state index contributed by atoms with van der Waals surface area (Å²) in [5.41, 5.74) is 2.46. The first-order valence-corrected chi connectivity index (χ1v) is 10.0. The summed E-state index contributed by atoms with van der Waals surface area (Å²) in [7, 11) is -2.11. The molecule has 0 aromatic heterocycles. The molecule has 0 bridgehead atoms. The van der Waals surface area contributed by atoms with Crippen molar-refractivity contribution in [3.8, 4) is 5.75 Å². The highest BCUT2D eigenvalue weighted by Gasteiger charge is 2.29.